The summed E-state index contributed by atoms with van der Waals surface area (Å²) in [6, 6.07) is 9.38. The number of phenols is 3. The van der Waals surface area contributed by atoms with E-state index in [1.165, 1.54) is 43.5 Å². The average molecular weight is 805 g/mol. The Hall–Kier alpha value is -4.44. The Bertz CT molecular complexity index is 1890. The van der Waals surface area contributed by atoms with Crippen molar-refractivity contribution in [2.24, 2.45) is 0 Å². The molecule has 0 amide bonds. The molecule has 12 N–H and O–H groups in total. The van der Waals surface area contributed by atoms with E-state index in [0.29, 0.717) is 5.56 Å². The number of aliphatic hydroxyl groups is 9. The molecule has 2 saturated heterocycles. The zero-order valence-corrected chi connectivity index (χ0v) is 31.1. The number of methoxy groups -OCH3 is 1. The number of benzene rings is 3. The first-order valence-corrected chi connectivity index (χ1v) is 18.1. The fraction of sp³-hybridized carbons (Fsp3) is 0.487. The van der Waals surface area contributed by atoms with Gasteiger partial charge in [-0.15, -0.1) is 0 Å². The summed E-state index contributed by atoms with van der Waals surface area (Å²) in [5.74, 6) is -3.00. The van der Waals surface area contributed by atoms with Crippen LogP contribution in [0.25, 0.3) is 0 Å². The van der Waals surface area contributed by atoms with Gasteiger partial charge in [0.05, 0.1) is 26.2 Å². The molecule has 312 valence electrons. The lowest BCUT2D eigenvalue weighted by molar-refractivity contribution is -0.277. The fourth-order valence-electron chi connectivity index (χ4n) is 7.22. The highest BCUT2D eigenvalue weighted by molar-refractivity contribution is 5.65. The second-order valence-electron chi connectivity index (χ2n) is 14.4. The minimum atomic E-state index is -1.91. The smallest absolute Gasteiger partial charge is 0.229 e. The molecule has 2 fully saturated rings. The highest BCUT2D eigenvalue weighted by Gasteiger charge is 2.49. The van der Waals surface area contributed by atoms with Gasteiger partial charge in [0.25, 0.3) is 0 Å². The lowest BCUT2D eigenvalue weighted by Crippen LogP contribution is -2.60. The molecule has 3 aliphatic heterocycles. The second kappa shape index (κ2) is 17.2. The summed E-state index contributed by atoms with van der Waals surface area (Å²) in [7, 11) is 1.28. The number of aromatic hydroxyl groups is 3. The largest absolute Gasteiger partial charge is 0.508 e. The summed E-state index contributed by atoms with van der Waals surface area (Å²) in [5, 5.41) is 128. The molecule has 18 nitrogen and oxygen atoms in total. The van der Waals surface area contributed by atoms with Crippen LogP contribution >= 0.6 is 0 Å². The molecule has 6 rings (SSSR count). The molecule has 0 aromatic heterocycles. The Morgan fingerprint density at radius 2 is 1.26 bits per heavy atom. The predicted octanol–water partition coefficient (Wildman–Crippen LogP) is -0.695. The number of rotatable bonds is 11. The minimum Gasteiger partial charge on any atom is -0.508 e. The van der Waals surface area contributed by atoms with Crippen LogP contribution in [-0.4, -0.2) is 149 Å². The van der Waals surface area contributed by atoms with Crippen LogP contribution in [0.15, 0.2) is 54.1 Å². The van der Waals surface area contributed by atoms with Crippen LogP contribution in [0.5, 0.6) is 40.2 Å². The number of allylic oxidation sites excluding steroid dienone is 2. The van der Waals surface area contributed by atoms with Gasteiger partial charge in [-0.2, -0.15) is 0 Å². The second-order valence-corrected chi connectivity index (χ2v) is 14.4. The lowest BCUT2D eigenvalue weighted by Gasteiger charge is -2.42. The Morgan fingerprint density at radius 3 is 1.81 bits per heavy atom. The van der Waals surface area contributed by atoms with Gasteiger partial charge < -0.3 is 89.7 Å². The van der Waals surface area contributed by atoms with Crippen molar-refractivity contribution in [3.05, 3.63) is 76.4 Å². The van der Waals surface area contributed by atoms with E-state index in [9.17, 15) is 61.3 Å². The Kier molecular flexibility index (Phi) is 12.7. The normalized spacial score (nSPS) is 32.5. The van der Waals surface area contributed by atoms with Crippen LogP contribution < -0.4 is 18.9 Å². The van der Waals surface area contributed by atoms with Crippen molar-refractivity contribution >= 4 is 0 Å². The van der Waals surface area contributed by atoms with Crippen molar-refractivity contribution in [3.8, 4) is 40.2 Å². The van der Waals surface area contributed by atoms with Gasteiger partial charge in [-0.25, -0.2) is 0 Å². The molecule has 3 aliphatic rings. The highest BCUT2D eigenvalue weighted by Crippen LogP contribution is 2.56. The van der Waals surface area contributed by atoms with Gasteiger partial charge in [0.15, 0.2) is 6.10 Å². The maximum Gasteiger partial charge on any atom is 0.229 e. The number of ether oxygens (including phenoxy) is 6. The van der Waals surface area contributed by atoms with Gasteiger partial charge in [-0.1, -0.05) is 23.8 Å². The Balaban J connectivity index is 1.55. The fourth-order valence-corrected chi connectivity index (χ4v) is 7.22. The molecule has 0 aliphatic carbocycles. The first kappa shape index (κ1) is 42.2. The molecule has 57 heavy (non-hydrogen) atoms. The molecule has 0 saturated carbocycles. The van der Waals surface area contributed by atoms with Gasteiger partial charge in [-0.05, 0) is 38.0 Å². The third-order valence-electron chi connectivity index (χ3n) is 10.3. The van der Waals surface area contributed by atoms with Crippen molar-refractivity contribution in [2.45, 2.75) is 99.8 Å². The maximum atomic E-state index is 12.4. The molecule has 0 spiro atoms. The SMILES string of the molecule is COc1cc(OC2OC(CO)C(O)C(O)C2O)cc2c1C(c1c(O)cc(O)c(CC=C(C)C)c1OC1OC(CO)C(O)C(O)C1O)C(O)C(c1ccc(O)cc1)O2. The van der Waals surface area contributed by atoms with Crippen LogP contribution in [0.4, 0.5) is 0 Å². The summed E-state index contributed by atoms with van der Waals surface area (Å²) in [4.78, 5) is 0. The molecule has 3 aromatic carbocycles. The number of fused-ring (bicyclic) bond motifs is 1. The van der Waals surface area contributed by atoms with Gasteiger partial charge in [0, 0.05) is 34.9 Å². The third-order valence-corrected chi connectivity index (χ3v) is 10.3. The van der Waals surface area contributed by atoms with Crippen molar-refractivity contribution in [1.82, 2.24) is 0 Å². The van der Waals surface area contributed by atoms with Crippen molar-refractivity contribution in [1.29, 1.82) is 0 Å². The number of aliphatic hydroxyl groups excluding tert-OH is 9. The highest BCUT2D eigenvalue weighted by atomic mass is 16.7. The lowest BCUT2D eigenvalue weighted by atomic mass is 9.78. The van der Waals surface area contributed by atoms with Gasteiger partial charge in [0.2, 0.25) is 12.6 Å². The minimum absolute atomic E-state index is 0.0230. The molecule has 3 aromatic rings. The third kappa shape index (κ3) is 8.16. The van der Waals surface area contributed by atoms with Gasteiger partial charge >= 0.3 is 0 Å². The molecular formula is C39H48O18. The number of hydrogen-bond acceptors (Lipinski definition) is 18. The molecular weight excluding hydrogens is 756 g/mol. The van der Waals surface area contributed by atoms with E-state index >= 15 is 0 Å². The first-order chi connectivity index (χ1) is 27.1. The van der Waals surface area contributed by atoms with E-state index in [4.69, 9.17) is 28.4 Å². The zero-order valence-electron chi connectivity index (χ0n) is 31.1. The van der Waals surface area contributed by atoms with Crippen LogP contribution in [0.2, 0.25) is 0 Å². The summed E-state index contributed by atoms with van der Waals surface area (Å²) in [5.41, 5.74) is 1.12. The maximum absolute atomic E-state index is 12.4. The Morgan fingerprint density at radius 1 is 0.684 bits per heavy atom. The summed E-state index contributed by atoms with van der Waals surface area (Å²) >= 11 is 0. The van der Waals surface area contributed by atoms with Crippen LogP contribution in [-0.2, 0) is 15.9 Å². The van der Waals surface area contributed by atoms with E-state index in [2.05, 4.69) is 0 Å². The van der Waals surface area contributed by atoms with E-state index in [1.807, 2.05) is 0 Å². The summed E-state index contributed by atoms with van der Waals surface area (Å²) in [6.45, 7) is 2.10. The van der Waals surface area contributed by atoms with E-state index in [0.717, 1.165) is 11.6 Å². The molecule has 3 heterocycles. The molecule has 18 heteroatoms. The van der Waals surface area contributed by atoms with Crippen molar-refractivity contribution < 1.29 is 89.7 Å². The number of hydrogen-bond donors (Lipinski definition) is 12. The number of phenolic OH excluding ortho intramolecular Hbond substituents is 3. The monoisotopic (exact) mass is 804 g/mol. The average Bonchev–Trinajstić information content (AvgIpc) is 3.18. The standard InChI is InChI=1S/C39H48O18/c1-15(2)4-9-19-20(43)12-21(44)26(37(19)57-39-35(51)33(49)30(46)25(14-41)56-39)28-27-22(52-3)10-18(53-38-34(50)32(48)29(45)24(13-40)55-38)11-23(27)54-36(31(28)47)16-5-7-17(42)8-6-16/h4-8,10-12,24-25,28-36,38-51H,9,13-14H2,1-3H3. The Labute approximate surface area is 326 Å². The van der Waals surface area contributed by atoms with Crippen LogP contribution in [0.3, 0.4) is 0 Å². The van der Waals surface area contributed by atoms with E-state index in [1.54, 1.807) is 19.9 Å². The van der Waals surface area contributed by atoms with Gasteiger partial charge in [0.1, 0.15) is 95.2 Å². The van der Waals surface area contributed by atoms with E-state index in [-0.39, 0.29) is 51.9 Å². The summed E-state index contributed by atoms with van der Waals surface area (Å²) in [6.07, 6.45) is -18.0. The molecule has 0 radical (unpaired) electrons. The summed E-state index contributed by atoms with van der Waals surface area (Å²) < 4.78 is 35.5. The molecule has 13 atom stereocenters. The van der Waals surface area contributed by atoms with Crippen LogP contribution in [0, 0.1) is 0 Å². The van der Waals surface area contributed by atoms with E-state index < -0.39 is 104 Å². The van der Waals surface area contributed by atoms with Crippen molar-refractivity contribution in [2.75, 3.05) is 20.3 Å². The molecule has 0 bridgehead atoms. The molecule has 13 unspecified atom stereocenters. The van der Waals surface area contributed by atoms with Gasteiger partial charge in [-0.3, -0.25) is 0 Å². The van der Waals surface area contributed by atoms with Crippen molar-refractivity contribution in [3.63, 3.8) is 0 Å². The van der Waals surface area contributed by atoms with Crippen LogP contribution in [0.1, 0.15) is 48.1 Å². The zero-order chi connectivity index (χ0) is 41.5. The topological polar surface area (TPSA) is 298 Å². The predicted molar refractivity (Wildman–Crippen MR) is 194 cm³/mol. The first-order valence-electron chi connectivity index (χ1n) is 18.1. The quantitative estimate of drug-likeness (QED) is 0.107.